The van der Waals surface area contributed by atoms with Gasteiger partial charge in [0.15, 0.2) is 0 Å². The van der Waals surface area contributed by atoms with Gasteiger partial charge in [-0.25, -0.2) is 0 Å². The first-order valence-electron chi connectivity index (χ1n) is 14.8. The maximum absolute atomic E-state index is 14.2. The molecule has 2 unspecified atom stereocenters. The van der Waals surface area contributed by atoms with E-state index in [-0.39, 0.29) is 23.8 Å². The van der Waals surface area contributed by atoms with Crippen LogP contribution in [-0.4, -0.2) is 87.3 Å². The van der Waals surface area contributed by atoms with E-state index < -0.39 is 23.8 Å². The van der Waals surface area contributed by atoms with Crippen LogP contribution in [-0.2, 0) is 20.8 Å². The first-order valence-corrected chi connectivity index (χ1v) is 16.5. The fraction of sp³-hybridized carbons (Fsp3) is 0.567. The zero-order valence-electron chi connectivity index (χ0n) is 23.4. The Bertz CT molecular complexity index is 1370. The Morgan fingerprint density at radius 3 is 2.57 bits per heavy atom. The average Bonchev–Trinajstić information content (AvgIpc) is 3.77. The van der Waals surface area contributed by atoms with E-state index in [1.807, 2.05) is 21.9 Å². The van der Waals surface area contributed by atoms with Gasteiger partial charge in [0.1, 0.15) is 16.7 Å². The molecule has 3 aliphatic heterocycles. The molecule has 4 aliphatic rings. The minimum atomic E-state index is -0.915. The van der Waals surface area contributed by atoms with Crippen LogP contribution in [0.15, 0.2) is 28.3 Å². The molecule has 2 aromatic rings. The number of hydrogen-bond donors (Lipinski definition) is 1. The second-order valence-electron chi connectivity index (χ2n) is 11.7. The van der Waals surface area contributed by atoms with Crippen LogP contribution in [0.5, 0.6) is 5.75 Å². The summed E-state index contributed by atoms with van der Waals surface area (Å²) >= 11 is 5.04. The van der Waals surface area contributed by atoms with Gasteiger partial charge in [-0.3, -0.25) is 24.2 Å². The molecule has 1 saturated carbocycles. The van der Waals surface area contributed by atoms with Gasteiger partial charge in [0.05, 0.1) is 36.1 Å². The predicted molar refractivity (Wildman–Crippen MR) is 158 cm³/mol. The molecule has 0 spiro atoms. The summed E-state index contributed by atoms with van der Waals surface area (Å²) in [5, 5.41) is 9.92. The molecule has 1 N–H and O–H groups in total. The molecule has 3 fully saturated rings. The van der Waals surface area contributed by atoms with Crippen molar-refractivity contribution in [3.8, 4) is 5.75 Å². The lowest BCUT2D eigenvalue weighted by Gasteiger charge is -2.43. The first kappa shape index (κ1) is 29.1. The monoisotopic (exact) mass is 658 g/mol. The average molecular weight is 660 g/mol. The number of carboxylic acids is 1. The van der Waals surface area contributed by atoms with Crippen molar-refractivity contribution in [1.29, 1.82) is 0 Å². The van der Waals surface area contributed by atoms with Crippen molar-refractivity contribution in [3.63, 3.8) is 0 Å². The minimum absolute atomic E-state index is 0.0518. The van der Waals surface area contributed by atoms with Crippen LogP contribution in [0.3, 0.4) is 0 Å². The molecule has 1 aliphatic carbocycles. The molecule has 1 aromatic carbocycles. The van der Waals surface area contributed by atoms with E-state index in [0.717, 1.165) is 34.9 Å². The number of thiazole rings is 1. The lowest BCUT2D eigenvalue weighted by atomic mass is 9.77. The first-order chi connectivity index (χ1) is 20.3. The van der Waals surface area contributed by atoms with E-state index in [2.05, 4.69) is 20.9 Å². The van der Waals surface area contributed by atoms with Gasteiger partial charge in [-0.15, -0.1) is 11.3 Å². The molecule has 2 saturated heterocycles. The number of ether oxygens (including phenoxy) is 1. The lowest BCUT2D eigenvalue weighted by Crippen LogP contribution is -2.50. The van der Waals surface area contributed by atoms with Crippen molar-refractivity contribution < 1.29 is 29.0 Å². The smallest absolute Gasteiger partial charge is 0.307 e. The number of amides is 3. The number of hydrogen-bond acceptors (Lipinski definition) is 7. The van der Waals surface area contributed by atoms with Crippen molar-refractivity contribution in [3.05, 3.63) is 44.3 Å². The maximum atomic E-state index is 14.2. The van der Waals surface area contributed by atoms with Gasteiger partial charge in [-0.1, -0.05) is 28.8 Å². The molecule has 12 heteroatoms. The zero-order valence-corrected chi connectivity index (χ0v) is 25.8. The molecule has 0 bridgehead atoms. The largest absolute Gasteiger partial charge is 0.488 e. The number of aliphatic carboxylic acids is 1. The molecule has 10 nitrogen and oxygen atoms in total. The molecule has 6 rings (SSSR count). The topological polar surface area (TPSA) is 120 Å². The lowest BCUT2D eigenvalue weighted by molar-refractivity contribution is -0.154. The van der Waals surface area contributed by atoms with Crippen LogP contribution in [0.4, 0.5) is 0 Å². The number of likely N-dealkylation sites (tertiary alicyclic amines) is 2. The Balaban J connectivity index is 1.31. The standard InChI is InChI=1S/C30H35BrN4O6S/c31-22-7-8-24(41-18-9-12-34(15-18)29(38)25-14-32-17-42-25)27-21(22)10-13-35(23(27)16-33-11-3-6-26(33)36)28(37)19-4-1-2-5-20(19)30(39)40/h7-8,14,17-20,23H,1-6,9-13,15-16H2,(H,39,40)/t18?,19?,20-,23-/m1/s1. The highest BCUT2D eigenvalue weighted by molar-refractivity contribution is 9.10. The number of nitrogens with zero attached hydrogens (tertiary/aromatic N) is 4. The van der Waals surface area contributed by atoms with Gasteiger partial charge in [0.25, 0.3) is 5.91 Å². The Kier molecular flexibility index (Phi) is 8.53. The molecule has 4 atom stereocenters. The third-order valence-electron chi connectivity index (χ3n) is 9.19. The highest BCUT2D eigenvalue weighted by atomic mass is 79.9. The van der Waals surface area contributed by atoms with E-state index >= 15 is 0 Å². The number of benzene rings is 1. The van der Waals surface area contributed by atoms with Crippen molar-refractivity contribution in [1.82, 2.24) is 19.7 Å². The van der Waals surface area contributed by atoms with Gasteiger partial charge < -0.3 is 24.5 Å². The fourth-order valence-electron chi connectivity index (χ4n) is 7.04. The molecule has 0 radical (unpaired) electrons. The Morgan fingerprint density at radius 1 is 1.05 bits per heavy atom. The van der Waals surface area contributed by atoms with Crippen molar-refractivity contribution in [2.24, 2.45) is 11.8 Å². The van der Waals surface area contributed by atoms with E-state index in [4.69, 9.17) is 4.74 Å². The van der Waals surface area contributed by atoms with Crippen LogP contribution in [0.25, 0.3) is 0 Å². The molecule has 42 heavy (non-hydrogen) atoms. The van der Waals surface area contributed by atoms with Crippen LogP contribution in [0.2, 0.25) is 0 Å². The summed E-state index contributed by atoms with van der Waals surface area (Å²) < 4.78 is 7.54. The predicted octanol–water partition coefficient (Wildman–Crippen LogP) is 4.14. The van der Waals surface area contributed by atoms with E-state index in [1.54, 1.807) is 16.6 Å². The second-order valence-corrected chi connectivity index (χ2v) is 13.4. The van der Waals surface area contributed by atoms with Crippen LogP contribution in [0, 0.1) is 11.8 Å². The minimum Gasteiger partial charge on any atom is -0.488 e. The quantitative estimate of drug-likeness (QED) is 0.475. The summed E-state index contributed by atoms with van der Waals surface area (Å²) in [6.07, 6.45) is 6.61. The second kappa shape index (κ2) is 12.3. The maximum Gasteiger partial charge on any atom is 0.307 e. The van der Waals surface area contributed by atoms with Crippen molar-refractivity contribution >= 4 is 51.0 Å². The van der Waals surface area contributed by atoms with Gasteiger partial charge in [-0.2, -0.15) is 0 Å². The molecular weight excluding hydrogens is 624 g/mol. The highest BCUT2D eigenvalue weighted by Gasteiger charge is 2.44. The van der Waals surface area contributed by atoms with Crippen LogP contribution < -0.4 is 4.74 Å². The van der Waals surface area contributed by atoms with Crippen molar-refractivity contribution in [2.45, 2.75) is 63.5 Å². The van der Waals surface area contributed by atoms with Gasteiger partial charge >= 0.3 is 5.97 Å². The van der Waals surface area contributed by atoms with E-state index in [1.165, 1.54) is 11.3 Å². The number of carbonyl (C=O) groups excluding carboxylic acids is 3. The highest BCUT2D eigenvalue weighted by Crippen LogP contribution is 2.44. The fourth-order valence-corrected chi connectivity index (χ4v) is 8.17. The van der Waals surface area contributed by atoms with Crippen molar-refractivity contribution in [2.75, 3.05) is 32.7 Å². The summed E-state index contributed by atoms with van der Waals surface area (Å²) in [4.78, 5) is 62.0. The van der Waals surface area contributed by atoms with Gasteiger partial charge in [0, 0.05) is 49.1 Å². The van der Waals surface area contributed by atoms with Gasteiger partial charge in [0.2, 0.25) is 11.8 Å². The zero-order chi connectivity index (χ0) is 29.4. The Morgan fingerprint density at radius 2 is 1.86 bits per heavy atom. The number of fused-ring (bicyclic) bond motifs is 1. The third-order valence-corrected chi connectivity index (χ3v) is 10.7. The van der Waals surface area contributed by atoms with Crippen LogP contribution in [0.1, 0.15) is 71.8 Å². The Hall–Kier alpha value is -2.99. The molecule has 4 heterocycles. The Labute approximate surface area is 257 Å². The van der Waals surface area contributed by atoms with Crippen LogP contribution >= 0.6 is 27.3 Å². The SMILES string of the molecule is O=C(O)[C@@H]1CCCCC1C(=O)N1CCc2c(Br)ccc(OC3CCN(C(=O)c4cncs4)C3)c2[C@H]1CN1CCCC1=O. The molecule has 3 amide bonds. The summed E-state index contributed by atoms with van der Waals surface area (Å²) in [6.45, 7) is 2.45. The van der Waals surface area contributed by atoms with E-state index in [9.17, 15) is 24.3 Å². The molecular formula is C30H35BrN4O6S. The summed E-state index contributed by atoms with van der Waals surface area (Å²) in [5.41, 5.74) is 3.57. The summed E-state index contributed by atoms with van der Waals surface area (Å²) in [5.74, 6) is -1.66. The number of aromatic nitrogens is 1. The number of halogens is 1. The third kappa shape index (κ3) is 5.67. The number of rotatable bonds is 7. The summed E-state index contributed by atoms with van der Waals surface area (Å²) in [7, 11) is 0. The number of carbonyl (C=O) groups is 4. The summed E-state index contributed by atoms with van der Waals surface area (Å²) in [6, 6.07) is 3.41. The van der Waals surface area contributed by atoms with Gasteiger partial charge in [-0.05, 0) is 43.4 Å². The molecule has 1 aromatic heterocycles. The number of carboxylic acid groups (broad SMARTS) is 1. The van der Waals surface area contributed by atoms with E-state index in [0.29, 0.717) is 75.5 Å². The molecule has 224 valence electrons. The normalized spacial score (nSPS) is 25.9.